The number of amides is 1. The van der Waals surface area contributed by atoms with Gasteiger partial charge < -0.3 is 15.5 Å². The number of pyridine rings is 1. The first-order valence-electron chi connectivity index (χ1n) is 10.4. The quantitative estimate of drug-likeness (QED) is 0.814. The molecule has 0 saturated heterocycles. The zero-order valence-electron chi connectivity index (χ0n) is 17.7. The Bertz CT molecular complexity index is 997. The van der Waals surface area contributed by atoms with E-state index in [-0.39, 0.29) is 29.7 Å². The number of carbonyl (C=O) groups is 2. The van der Waals surface area contributed by atoms with Gasteiger partial charge in [0.2, 0.25) is 5.91 Å². The molecule has 1 aliphatic heterocycles. The number of allylic oxidation sites excluding steroid dienone is 1. The Morgan fingerprint density at radius 3 is 2.73 bits per heavy atom. The molecular formula is C24H28N4O2. The maximum Gasteiger partial charge on any atom is 0.239 e. The number of nitrogens with one attached hydrogen (secondary N) is 2. The van der Waals surface area contributed by atoms with E-state index in [1.165, 1.54) is 0 Å². The van der Waals surface area contributed by atoms with Gasteiger partial charge in [0.25, 0.3) is 0 Å². The summed E-state index contributed by atoms with van der Waals surface area (Å²) in [5, 5.41) is 6.46. The van der Waals surface area contributed by atoms with Gasteiger partial charge in [0.15, 0.2) is 5.78 Å². The average molecular weight is 405 g/mol. The van der Waals surface area contributed by atoms with E-state index in [1.807, 2.05) is 54.3 Å². The highest BCUT2D eigenvalue weighted by Gasteiger charge is 2.39. The van der Waals surface area contributed by atoms with E-state index < -0.39 is 0 Å². The van der Waals surface area contributed by atoms with Crippen LogP contribution >= 0.6 is 0 Å². The first kappa shape index (κ1) is 20.1. The van der Waals surface area contributed by atoms with Crippen molar-refractivity contribution in [3.05, 3.63) is 65.6 Å². The summed E-state index contributed by atoms with van der Waals surface area (Å²) in [5.41, 5.74) is 4.37. The summed E-state index contributed by atoms with van der Waals surface area (Å²) < 4.78 is 0. The van der Waals surface area contributed by atoms with E-state index in [9.17, 15) is 9.59 Å². The first-order valence-corrected chi connectivity index (χ1v) is 10.4. The number of nitrogens with zero attached hydrogens (tertiary/aromatic N) is 2. The van der Waals surface area contributed by atoms with Crippen LogP contribution in [-0.2, 0) is 16.1 Å². The fourth-order valence-electron chi connectivity index (χ4n) is 4.41. The summed E-state index contributed by atoms with van der Waals surface area (Å²) in [6.07, 6.45) is 3.05. The van der Waals surface area contributed by atoms with Crippen molar-refractivity contribution in [2.24, 2.45) is 5.41 Å². The van der Waals surface area contributed by atoms with Crippen LogP contribution in [0.4, 0.5) is 11.4 Å². The van der Waals surface area contributed by atoms with Crippen molar-refractivity contribution in [1.29, 1.82) is 0 Å². The molecule has 1 aliphatic carbocycles. The van der Waals surface area contributed by atoms with Crippen LogP contribution in [0.3, 0.4) is 0 Å². The predicted octanol–water partition coefficient (Wildman–Crippen LogP) is 3.66. The second kappa shape index (κ2) is 7.94. The molecule has 1 aromatic carbocycles. The van der Waals surface area contributed by atoms with Crippen molar-refractivity contribution in [2.45, 2.75) is 46.2 Å². The van der Waals surface area contributed by atoms with Crippen LogP contribution in [0.5, 0.6) is 0 Å². The molecule has 0 fully saturated rings. The van der Waals surface area contributed by atoms with Crippen molar-refractivity contribution >= 4 is 23.1 Å². The highest BCUT2D eigenvalue weighted by Crippen LogP contribution is 2.43. The van der Waals surface area contributed by atoms with Crippen LogP contribution < -0.4 is 15.5 Å². The van der Waals surface area contributed by atoms with Gasteiger partial charge >= 0.3 is 0 Å². The lowest BCUT2D eigenvalue weighted by molar-refractivity contribution is -0.120. The van der Waals surface area contributed by atoms with Gasteiger partial charge in [0.1, 0.15) is 0 Å². The molecule has 2 heterocycles. The Morgan fingerprint density at radius 2 is 1.97 bits per heavy atom. The van der Waals surface area contributed by atoms with Crippen molar-refractivity contribution in [3.8, 4) is 0 Å². The number of aromatic nitrogens is 1. The van der Waals surface area contributed by atoms with Gasteiger partial charge in [0, 0.05) is 23.9 Å². The number of hydrogen-bond donors (Lipinski definition) is 2. The number of hydrogen-bond acceptors (Lipinski definition) is 5. The Morgan fingerprint density at radius 1 is 1.20 bits per heavy atom. The maximum absolute atomic E-state index is 13.1. The lowest BCUT2D eigenvalue weighted by Gasteiger charge is -2.36. The van der Waals surface area contributed by atoms with Crippen molar-refractivity contribution in [2.75, 3.05) is 16.8 Å². The summed E-state index contributed by atoms with van der Waals surface area (Å²) in [4.78, 5) is 32.1. The number of benzene rings is 1. The molecule has 2 N–H and O–H groups in total. The van der Waals surface area contributed by atoms with Gasteiger partial charge in [-0.2, -0.15) is 0 Å². The van der Waals surface area contributed by atoms with E-state index >= 15 is 0 Å². The molecule has 2 aromatic rings. The highest BCUT2D eigenvalue weighted by atomic mass is 16.2. The molecule has 6 heteroatoms. The fourth-order valence-corrected chi connectivity index (χ4v) is 4.41. The van der Waals surface area contributed by atoms with Crippen LogP contribution in [0.15, 0.2) is 59.9 Å². The molecule has 2 aliphatic rings. The summed E-state index contributed by atoms with van der Waals surface area (Å²) in [6, 6.07) is 13.4. The Balaban J connectivity index is 1.61. The molecule has 6 nitrogen and oxygen atoms in total. The molecule has 30 heavy (non-hydrogen) atoms. The topological polar surface area (TPSA) is 74.3 Å². The predicted molar refractivity (Wildman–Crippen MR) is 118 cm³/mol. The minimum atomic E-state index is -0.194. The fraction of sp³-hybridized carbons (Fsp3) is 0.375. The van der Waals surface area contributed by atoms with Crippen LogP contribution in [0.2, 0.25) is 0 Å². The first-order chi connectivity index (χ1) is 14.3. The van der Waals surface area contributed by atoms with Crippen molar-refractivity contribution < 1.29 is 9.59 Å². The van der Waals surface area contributed by atoms with E-state index in [0.29, 0.717) is 13.0 Å². The Hall–Kier alpha value is -3.15. The number of para-hydroxylation sites is 2. The number of ketones is 1. The third kappa shape index (κ3) is 4.08. The standard InChI is InChI=1S/C24H28N4O2/c1-16-23-19(12-24(2,3)13-21(23)29)27-18-9-4-5-10-20(18)28(16)15-22(30)26-14-17-8-6-7-11-25-17/h4-11,16,27H,12-15H2,1-3H3,(H,26,30). The van der Waals surface area contributed by atoms with E-state index in [0.717, 1.165) is 34.8 Å². The van der Waals surface area contributed by atoms with Crippen LogP contribution in [0, 0.1) is 5.41 Å². The van der Waals surface area contributed by atoms with E-state index in [4.69, 9.17) is 0 Å². The molecule has 1 aromatic heterocycles. The van der Waals surface area contributed by atoms with Gasteiger partial charge in [0.05, 0.1) is 36.2 Å². The normalized spacial score (nSPS) is 20.0. The minimum absolute atomic E-state index is 0.0766. The van der Waals surface area contributed by atoms with E-state index in [2.05, 4.69) is 29.5 Å². The SMILES string of the molecule is CC1C2=C(CC(C)(C)CC2=O)Nc2ccccc2N1CC(=O)NCc1ccccn1. The molecule has 0 spiro atoms. The molecule has 1 unspecified atom stereocenters. The smallest absolute Gasteiger partial charge is 0.239 e. The Labute approximate surface area is 177 Å². The number of Topliss-reactive ketones (excluding diaryl/α,β-unsaturated/α-hetero) is 1. The maximum atomic E-state index is 13.1. The number of fused-ring (bicyclic) bond motifs is 1. The Kier molecular flexibility index (Phi) is 5.33. The molecular weight excluding hydrogens is 376 g/mol. The molecule has 1 atom stereocenters. The van der Waals surface area contributed by atoms with Gasteiger partial charge in [-0.25, -0.2) is 0 Å². The van der Waals surface area contributed by atoms with Gasteiger partial charge in [-0.3, -0.25) is 14.6 Å². The van der Waals surface area contributed by atoms with Crippen molar-refractivity contribution in [1.82, 2.24) is 10.3 Å². The average Bonchev–Trinajstić information content (AvgIpc) is 2.81. The monoisotopic (exact) mass is 404 g/mol. The molecule has 4 rings (SSSR count). The molecule has 0 bridgehead atoms. The van der Waals surface area contributed by atoms with Gasteiger partial charge in [-0.05, 0) is 43.0 Å². The highest BCUT2D eigenvalue weighted by molar-refractivity contribution is 6.01. The summed E-state index contributed by atoms with van der Waals surface area (Å²) in [6.45, 7) is 6.81. The van der Waals surface area contributed by atoms with Crippen LogP contribution in [0.1, 0.15) is 39.3 Å². The lowest BCUT2D eigenvalue weighted by atomic mass is 9.74. The van der Waals surface area contributed by atoms with Crippen LogP contribution in [0.25, 0.3) is 0 Å². The van der Waals surface area contributed by atoms with E-state index in [1.54, 1.807) is 6.20 Å². The lowest BCUT2D eigenvalue weighted by Crippen LogP contribution is -2.44. The largest absolute Gasteiger partial charge is 0.357 e. The van der Waals surface area contributed by atoms with Gasteiger partial charge in [-0.1, -0.05) is 32.0 Å². The summed E-state index contributed by atoms with van der Waals surface area (Å²) >= 11 is 0. The molecule has 0 saturated carbocycles. The molecule has 1 amide bonds. The third-order valence-electron chi connectivity index (χ3n) is 5.81. The number of carbonyl (C=O) groups excluding carboxylic acids is 2. The van der Waals surface area contributed by atoms with Crippen molar-refractivity contribution in [3.63, 3.8) is 0 Å². The zero-order chi connectivity index (χ0) is 21.3. The zero-order valence-corrected chi connectivity index (χ0v) is 17.7. The van der Waals surface area contributed by atoms with Crippen LogP contribution in [-0.4, -0.2) is 29.3 Å². The summed E-state index contributed by atoms with van der Waals surface area (Å²) in [5.74, 6) is 0.0582. The second-order valence-corrected chi connectivity index (χ2v) is 8.88. The number of anilines is 2. The second-order valence-electron chi connectivity index (χ2n) is 8.88. The third-order valence-corrected chi connectivity index (χ3v) is 5.81. The van der Waals surface area contributed by atoms with Gasteiger partial charge in [-0.15, -0.1) is 0 Å². The molecule has 0 radical (unpaired) electrons. The number of rotatable bonds is 4. The summed E-state index contributed by atoms with van der Waals surface area (Å²) in [7, 11) is 0. The minimum Gasteiger partial charge on any atom is -0.357 e. The molecule has 156 valence electrons.